The number of aromatic nitrogens is 2. The molecule has 1 unspecified atom stereocenters. The number of nitrogens with one attached hydrogen (secondary N) is 1. The lowest BCUT2D eigenvalue weighted by Crippen LogP contribution is -2.00. The first-order chi connectivity index (χ1) is 14.6. The average molecular weight is 410 g/mol. The van der Waals surface area contributed by atoms with Crippen LogP contribution in [0.5, 0.6) is 28.9 Å². The van der Waals surface area contributed by atoms with Crippen LogP contribution in [0, 0.1) is 4.91 Å². The lowest BCUT2D eigenvalue weighted by atomic mass is 10.1. The van der Waals surface area contributed by atoms with Gasteiger partial charge in [0.2, 0.25) is 11.6 Å². The maximum Gasteiger partial charge on any atom is 0.239 e. The Bertz CT molecular complexity index is 986. The molecule has 1 heterocycles. The molecule has 0 aliphatic carbocycles. The van der Waals surface area contributed by atoms with Crippen molar-refractivity contribution in [1.29, 1.82) is 0 Å². The SMILES string of the molecule is COc1cc(Nc2cncc(Oc3ccc(C(C)N=O)cc3)n2)cc(OC)c1OC. The Morgan fingerprint density at radius 1 is 0.967 bits per heavy atom. The summed E-state index contributed by atoms with van der Waals surface area (Å²) >= 11 is 0. The van der Waals surface area contributed by atoms with Gasteiger partial charge >= 0.3 is 0 Å². The largest absolute Gasteiger partial charge is 0.493 e. The van der Waals surface area contributed by atoms with E-state index in [0.717, 1.165) is 5.56 Å². The van der Waals surface area contributed by atoms with Gasteiger partial charge in [-0.15, -0.1) is 0 Å². The van der Waals surface area contributed by atoms with E-state index in [4.69, 9.17) is 18.9 Å². The van der Waals surface area contributed by atoms with Gasteiger partial charge in [0.25, 0.3) is 0 Å². The van der Waals surface area contributed by atoms with Crippen molar-refractivity contribution in [2.75, 3.05) is 26.6 Å². The molecule has 0 bridgehead atoms. The van der Waals surface area contributed by atoms with Crippen molar-refractivity contribution < 1.29 is 18.9 Å². The first kappa shape index (κ1) is 20.8. The van der Waals surface area contributed by atoms with Gasteiger partial charge in [0, 0.05) is 17.8 Å². The smallest absolute Gasteiger partial charge is 0.239 e. The minimum Gasteiger partial charge on any atom is -0.493 e. The van der Waals surface area contributed by atoms with Gasteiger partial charge in [-0.05, 0) is 24.6 Å². The standard InChI is InChI=1S/C21H22N4O5/c1-13(25-26)14-5-7-16(8-6-14)30-20-12-22-11-19(24-20)23-15-9-17(27-2)21(29-4)18(10-15)28-3/h5-13H,1-4H3,(H,23,24). The Labute approximate surface area is 174 Å². The highest BCUT2D eigenvalue weighted by Gasteiger charge is 2.14. The summed E-state index contributed by atoms with van der Waals surface area (Å²) in [6, 6.07) is 10.2. The zero-order chi connectivity index (χ0) is 21.5. The minimum atomic E-state index is -0.412. The van der Waals surface area contributed by atoms with Crippen molar-refractivity contribution in [1.82, 2.24) is 9.97 Å². The van der Waals surface area contributed by atoms with E-state index in [-0.39, 0.29) is 0 Å². The van der Waals surface area contributed by atoms with Crippen molar-refractivity contribution in [2.45, 2.75) is 13.0 Å². The number of nitroso groups, excluding NO2 is 1. The van der Waals surface area contributed by atoms with Gasteiger partial charge in [0.1, 0.15) is 11.8 Å². The Morgan fingerprint density at radius 3 is 2.20 bits per heavy atom. The van der Waals surface area contributed by atoms with Gasteiger partial charge in [-0.3, -0.25) is 4.98 Å². The van der Waals surface area contributed by atoms with Crippen molar-refractivity contribution in [3.63, 3.8) is 0 Å². The van der Waals surface area contributed by atoms with Gasteiger partial charge in [-0.2, -0.15) is 9.89 Å². The quantitative estimate of drug-likeness (QED) is 0.499. The molecule has 0 aliphatic rings. The molecule has 156 valence electrons. The topological polar surface area (TPSA) is 104 Å². The summed E-state index contributed by atoms with van der Waals surface area (Å²) in [6.07, 6.45) is 3.07. The highest BCUT2D eigenvalue weighted by Crippen LogP contribution is 2.40. The molecule has 0 radical (unpaired) electrons. The fourth-order valence-electron chi connectivity index (χ4n) is 2.75. The highest BCUT2D eigenvalue weighted by atomic mass is 16.5. The van der Waals surface area contributed by atoms with E-state index < -0.39 is 6.04 Å². The molecule has 1 atom stereocenters. The van der Waals surface area contributed by atoms with Crippen LogP contribution in [0.1, 0.15) is 18.5 Å². The molecule has 1 aromatic heterocycles. The van der Waals surface area contributed by atoms with Crippen LogP contribution in [0.25, 0.3) is 0 Å². The Morgan fingerprint density at radius 2 is 1.63 bits per heavy atom. The van der Waals surface area contributed by atoms with Crippen LogP contribution < -0.4 is 24.3 Å². The van der Waals surface area contributed by atoms with E-state index >= 15 is 0 Å². The first-order valence-corrected chi connectivity index (χ1v) is 9.07. The van der Waals surface area contributed by atoms with Crippen molar-refractivity contribution in [2.24, 2.45) is 5.18 Å². The summed E-state index contributed by atoms with van der Waals surface area (Å²) in [5, 5.41) is 6.16. The number of methoxy groups -OCH3 is 3. The van der Waals surface area contributed by atoms with Crippen molar-refractivity contribution in [3.8, 4) is 28.9 Å². The summed E-state index contributed by atoms with van der Waals surface area (Å²) < 4.78 is 21.8. The first-order valence-electron chi connectivity index (χ1n) is 9.07. The van der Waals surface area contributed by atoms with E-state index in [1.54, 1.807) is 70.8 Å². The van der Waals surface area contributed by atoms with Crippen LogP contribution >= 0.6 is 0 Å². The summed E-state index contributed by atoms with van der Waals surface area (Å²) in [6.45, 7) is 1.73. The molecule has 0 amide bonds. The minimum absolute atomic E-state index is 0.307. The molecular weight excluding hydrogens is 388 g/mol. The zero-order valence-electron chi connectivity index (χ0n) is 17.1. The average Bonchev–Trinajstić information content (AvgIpc) is 2.78. The number of ether oxygens (including phenoxy) is 4. The number of hydrogen-bond donors (Lipinski definition) is 1. The normalized spacial score (nSPS) is 11.3. The molecule has 0 fully saturated rings. The number of benzene rings is 2. The molecule has 3 aromatic rings. The molecule has 9 heteroatoms. The second kappa shape index (κ2) is 9.55. The van der Waals surface area contributed by atoms with Gasteiger partial charge in [-0.25, -0.2) is 0 Å². The fourth-order valence-corrected chi connectivity index (χ4v) is 2.75. The summed E-state index contributed by atoms with van der Waals surface area (Å²) in [5.41, 5.74) is 1.48. The maximum atomic E-state index is 10.7. The molecule has 0 saturated heterocycles. The predicted molar refractivity (Wildman–Crippen MR) is 112 cm³/mol. The molecule has 9 nitrogen and oxygen atoms in total. The van der Waals surface area contributed by atoms with E-state index in [0.29, 0.717) is 40.4 Å². The van der Waals surface area contributed by atoms with Gasteiger partial charge in [0.15, 0.2) is 17.3 Å². The van der Waals surface area contributed by atoms with Gasteiger partial charge < -0.3 is 24.3 Å². The summed E-state index contributed by atoms with van der Waals surface area (Å²) in [4.78, 5) is 19.2. The number of hydrogen-bond acceptors (Lipinski definition) is 9. The molecule has 3 rings (SSSR count). The van der Waals surface area contributed by atoms with E-state index in [9.17, 15) is 4.91 Å². The van der Waals surface area contributed by atoms with Crippen LogP contribution in [0.4, 0.5) is 11.5 Å². The van der Waals surface area contributed by atoms with Crippen molar-refractivity contribution >= 4 is 11.5 Å². The van der Waals surface area contributed by atoms with E-state index in [1.807, 2.05) is 0 Å². The second-order valence-electron chi connectivity index (χ2n) is 6.23. The molecule has 0 saturated carbocycles. The molecule has 0 aliphatic heterocycles. The number of rotatable bonds is 9. The van der Waals surface area contributed by atoms with Gasteiger partial charge in [-0.1, -0.05) is 17.3 Å². The van der Waals surface area contributed by atoms with E-state index in [2.05, 4.69) is 20.5 Å². The lowest BCUT2D eigenvalue weighted by molar-refractivity contribution is 0.324. The third-order valence-corrected chi connectivity index (χ3v) is 4.29. The van der Waals surface area contributed by atoms with Crippen LogP contribution in [0.3, 0.4) is 0 Å². The second-order valence-corrected chi connectivity index (χ2v) is 6.23. The Kier molecular flexibility index (Phi) is 6.63. The van der Waals surface area contributed by atoms with Crippen LogP contribution in [-0.2, 0) is 0 Å². The maximum absolute atomic E-state index is 10.7. The molecule has 30 heavy (non-hydrogen) atoms. The molecule has 0 spiro atoms. The molecule has 2 aromatic carbocycles. The lowest BCUT2D eigenvalue weighted by Gasteiger charge is -2.15. The predicted octanol–water partition coefficient (Wildman–Crippen LogP) is 4.87. The highest BCUT2D eigenvalue weighted by molar-refractivity contribution is 5.66. The number of anilines is 2. The number of nitrogens with zero attached hydrogens (tertiary/aromatic N) is 3. The monoisotopic (exact) mass is 410 g/mol. The Hall–Kier alpha value is -3.88. The van der Waals surface area contributed by atoms with Crippen LogP contribution in [0.15, 0.2) is 54.0 Å². The molecule has 1 N–H and O–H groups in total. The third-order valence-electron chi connectivity index (χ3n) is 4.29. The zero-order valence-corrected chi connectivity index (χ0v) is 17.1. The van der Waals surface area contributed by atoms with E-state index in [1.165, 1.54) is 6.20 Å². The van der Waals surface area contributed by atoms with Gasteiger partial charge in [0.05, 0.1) is 33.7 Å². The van der Waals surface area contributed by atoms with Crippen LogP contribution in [0.2, 0.25) is 0 Å². The molecular formula is C21H22N4O5. The summed E-state index contributed by atoms with van der Waals surface area (Å²) in [7, 11) is 4.64. The Balaban J connectivity index is 1.78. The third kappa shape index (κ3) is 4.75. The fraction of sp³-hybridized carbons (Fsp3) is 0.238. The summed E-state index contributed by atoms with van der Waals surface area (Å²) in [5.74, 6) is 2.86. The van der Waals surface area contributed by atoms with Crippen LogP contribution in [-0.4, -0.2) is 31.3 Å². The van der Waals surface area contributed by atoms with Crippen molar-refractivity contribution in [3.05, 3.63) is 59.3 Å².